The van der Waals surface area contributed by atoms with E-state index < -0.39 is 5.60 Å². The first-order valence-corrected chi connectivity index (χ1v) is 6.05. The molecule has 0 amide bonds. The van der Waals surface area contributed by atoms with Gasteiger partial charge in [0.25, 0.3) is 0 Å². The average molecular weight is 239 g/mol. The number of hydrogen-bond acceptors (Lipinski definition) is 5. The molecule has 0 aromatic carbocycles. The van der Waals surface area contributed by atoms with Crippen molar-refractivity contribution in [1.82, 2.24) is 9.97 Å². The van der Waals surface area contributed by atoms with Gasteiger partial charge in [0.1, 0.15) is 0 Å². The van der Waals surface area contributed by atoms with Crippen LogP contribution in [0, 0.1) is 0 Å². The van der Waals surface area contributed by atoms with E-state index in [9.17, 15) is 5.11 Å². The Balaban J connectivity index is 2.59. The molecule has 2 N–H and O–H groups in total. The Bertz CT molecular complexity index is 340. The van der Waals surface area contributed by atoms with Gasteiger partial charge < -0.3 is 15.2 Å². The summed E-state index contributed by atoms with van der Waals surface area (Å²) in [6, 6.07) is 1.71. The van der Waals surface area contributed by atoms with Crippen molar-refractivity contribution >= 4 is 5.95 Å². The van der Waals surface area contributed by atoms with Gasteiger partial charge in [0.05, 0.1) is 12.2 Å². The van der Waals surface area contributed by atoms with Crippen LogP contribution in [-0.2, 0) is 0 Å². The molecule has 0 spiro atoms. The van der Waals surface area contributed by atoms with Crippen molar-refractivity contribution in [3.63, 3.8) is 0 Å². The molecule has 5 nitrogen and oxygen atoms in total. The first-order valence-electron chi connectivity index (χ1n) is 6.05. The fourth-order valence-corrected chi connectivity index (χ4v) is 1.40. The standard InChI is InChI=1S/C12H21N3O2/c1-4-12(16,5-2)9-14-11-13-8-7-10(15-11)17-6-3/h7-8,16H,4-6,9H2,1-3H3,(H,13,14,15). The Kier molecular flexibility index (Phi) is 5.15. The monoisotopic (exact) mass is 239 g/mol. The van der Waals surface area contributed by atoms with E-state index in [2.05, 4.69) is 15.3 Å². The maximum atomic E-state index is 10.1. The van der Waals surface area contributed by atoms with Crippen LogP contribution in [-0.4, -0.2) is 33.8 Å². The molecule has 0 radical (unpaired) electrons. The van der Waals surface area contributed by atoms with Gasteiger partial charge in [-0.05, 0) is 19.8 Å². The molecule has 0 saturated heterocycles. The number of nitrogens with zero attached hydrogens (tertiary/aromatic N) is 2. The second-order valence-corrected chi connectivity index (χ2v) is 3.94. The van der Waals surface area contributed by atoms with Crippen molar-refractivity contribution < 1.29 is 9.84 Å². The van der Waals surface area contributed by atoms with E-state index >= 15 is 0 Å². The van der Waals surface area contributed by atoms with Crippen LogP contribution in [0.25, 0.3) is 0 Å². The summed E-state index contributed by atoms with van der Waals surface area (Å²) in [5, 5.41) is 13.1. The Hall–Kier alpha value is -1.36. The summed E-state index contributed by atoms with van der Waals surface area (Å²) in [4.78, 5) is 8.26. The van der Waals surface area contributed by atoms with Gasteiger partial charge in [-0.15, -0.1) is 0 Å². The highest BCUT2D eigenvalue weighted by Crippen LogP contribution is 2.15. The second kappa shape index (κ2) is 6.39. The molecule has 0 bridgehead atoms. The van der Waals surface area contributed by atoms with Crippen molar-refractivity contribution in [3.8, 4) is 5.88 Å². The largest absolute Gasteiger partial charge is 0.478 e. The van der Waals surface area contributed by atoms with Gasteiger partial charge in [-0.3, -0.25) is 0 Å². The van der Waals surface area contributed by atoms with Gasteiger partial charge in [0.2, 0.25) is 11.8 Å². The molecule has 5 heteroatoms. The molecule has 0 fully saturated rings. The van der Waals surface area contributed by atoms with Gasteiger partial charge in [0.15, 0.2) is 0 Å². The van der Waals surface area contributed by atoms with Gasteiger partial charge in [-0.1, -0.05) is 13.8 Å². The van der Waals surface area contributed by atoms with Crippen molar-refractivity contribution in [3.05, 3.63) is 12.3 Å². The molecule has 1 aromatic rings. The summed E-state index contributed by atoms with van der Waals surface area (Å²) < 4.78 is 5.28. The lowest BCUT2D eigenvalue weighted by Gasteiger charge is -2.25. The maximum Gasteiger partial charge on any atom is 0.226 e. The summed E-state index contributed by atoms with van der Waals surface area (Å²) in [6.07, 6.45) is 3.03. The van der Waals surface area contributed by atoms with Gasteiger partial charge in [-0.25, -0.2) is 4.98 Å². The van der Waals surface area contributed by atoms with E-state index in [0.29, 0.717) is 37.8 Å². The Morgan fingerprint density at radius 2 is 2.06 bits per heavy atom. The molecule has 0 saturated carbocycles. The lowest BCUT2D eigenvalue weighted by molar-refractivity contribution is 0.0455. The van der Waals surface area contributed by atoms with Crippen LogP contribution >= 0.6 is 0 Å². The zero-order chi connectivity index (χ0) is 12.7. The molecule has 1 heterocycles. The molecule has 1 aromatic heterocycles. The van der Waals surface area contributed by atoms with Crippen LogP contribution in [0.5, 0.6) is 5.88 Å². The van der Waals surface area contributed by atoms with E-state index in [1.54, 1.807) is 12.3 Å². The summed E-state index contributed by atoms with van der Waals surface area (Å²) in [6.45, 7) is 6.84. The predicted molar refractivity (Wildman–Crippen MR) is 67.2 cm³/mol. The first kappa shape index (κ1) is 13.7. The Labute approximate surface area is 102 Å². The van der Waals surface area contributed by atoms with Crippen LogP contribution in [0.3, 0.4) is 0 Å². The van der Waals surface area contributed by atoms with Crippen LogP contribution in [0.15, 0.2) is 12.3 Å². The van der Waals surface area contributed by atoms with E-state index in [1.807, 2.05) is 20.8 Å². The lowest BCUT2D eigenvalue weighted by Crippen LogP contribution is -2.35. The second-order valence-electron chi connectivity index (χ2n) is 3.94. The van der Waals surface area contributed by atoms with Gasteiger partial charge >= 0.3 is 0 Å². The predicted octanol–water partition coefficient (Wildman–Crippen LogP) is 1.84. The van der Waals surface area contributed by atoms with Gasteiger partial charge in [0, 0.05) is 18.8 Å². The zero-order valence-corrected chi connectivity index (χ0v) is 10.7. The van der Waals surface area contributed by atoms with Crippen LogP contribution in [0.1, 0.15) is 33.6 Å². The fraction of sp³-hybridized carbons (Fsp3) is 0.667. The number of ether oxygens (including phenoxy) is 1. The minimum absolute atomic E-state index is 0.440. The summed E-state index contributed by atoms with van der Waals surface area (Å²) in [5.41, 5.74) is -0.703. The van der Waals surface area contributed by atoms with Crippen LogP contribution in [0.4, 0.5) is 5.95 Å². The summed E-state index contributed by atoms with van der Waals surface area (Å²) in [5.74, 6) is 1.03. The molecule has 96 valence electrons. The molecule has 0 unspecified atom stereocenters. The minimum atomic E-state index is -0.703. The van der Waals surface area contributed by atoms with Gasteiger partial charge in [-0.2, -0.15) is 4.98 Å². The number of nitrogens with one attached hydrogen (secondary N) is 1. The Morgan fingerprint density at radius 3 is 2.65 bits per heavy atom. The molecular weight excluding hydrogens is 218 g/mol. The number of aliphatic hydroxyl groups is 1. The SMILES string of the molecule is CCOc1ccnc(NCC(O)(CC)CC)n1. The minimum Gasteiger partial charge on any atom is -0.478 e. The maximum absolute atomic E-state index is 10.1. The molecule has 17 heavy (non-hydrogen) atoms. The number of rotatable bonds is 7. The highest BCUT2D eigenvalue weighted by Gasteiger charge is 2.21. The number of aromatic nitrogens is 2. The van der Waals surface area contributed by atoms with Crippen LogP contribution < -0.4 is 10.1 Å². The normalized spacial score (nSPS) is 11.3. The number of anilines is 1. The molecule has 0 aliphatic carbocycles. The van der Waals surface area contributed by atoms with Crippen molar-refractivity contribution in [2.45, 2.75) is 39.2 Å². The highest BCUT2D eigenvalue weighted by atomic mass is 16.5. The molecular formula is C12H21N3O2. The van der Waals surface area contributed by atoms with E-state index in [4.69, 9.17) is 4.74 Å². The average Bonchev–Trinajstić information content (AvgIpc) is 2.37. The van der Waals surface area contributed by atoms with E-state index in [0.717, 1.165) is 0 Å². The van der Waals surface area contributed by atoms with Crippen molar-refractivity contribution in [2.75, 3.05) is 18.5 Å². The summed E-state index contributed by atoms with van der Waals surface area (Å²) in [7, 11) is 0. The molecule has 0 atom stereocenters. The quantitative estimate of drug-likeness (QED) is 0.760. The molecule has 0 aliphatic heterocycles. The zero-order valence-electron chi connectivity index (χ0n) is 10.7. The first-order chi connectivity index (χ1) is 8.13. The third-order valence-corrected chi connectivity index (χ3v) is 2.81. The summed E-state index contributed by atoms with van der Waals surface area (Å²) >= 11 is 0. The number of hydrogen-bond donors (Lipinski definition) is 2. The third kappa shape index (κ3) is 4.19. The molecule has 0 aliphatic rings. The highest BCUT2D eigenvalue weighted by molar-refractivity contribution is 5.28. The van der Waals surface area contributed by atoms with Crippen molar-refractivity contribution in [2.24, 2.45) is 0 Å². The van der Waals surface area contributed by atoms with E-state index in [-0.39, 0.29) is 0 Å². The smallest absolute Gasteiger partial charge is 0.226 e. The molecule has 1 rings (SSSR count). The topological polar surface area (TPSA) is 67.3 Å². The van der Waals surface area contributed by atoms with E-state index in [1.165, 1.54) is 0 Å². The lowest BCUT2D eigenvalue weighted by atomic mass is 9.98. The fourth-order valence-electron chi connectivity index (χ4n) is 1.40. The third-order valence-electron chi connectivity index (χ3n) is 2.81. The van der Waals surface area contributed by atoms with Crippen LogP contribution in [0.2, 0.25) is 0 Å². The Morgan fingerprint density at radius 1 is 1.35 bits per heavy atom. The van der Waals surface area contributed by atoms with Crippen molar-refractivity contribution in [1.29, 1.82) is 0 Å².